The van der Waals surface area contributed by atoms with E-state index in [0.717, 1.165) is 11.4 Å². The molecule has 20 heavy (non-hydrogen) atoms. The molecule has 1 saturated carbocycles. The SMILES string of the molecule is Cn1ncnc1COc1ccc(F)cc1CNC1CC1. The van der Waals surface area contributed by atoms with Crippen LogP contribution in [0.25, 0.3) is 0 Å². The number of aromatic nitrogens is 3. The summed E-state index contributed by atoms with van der Waals surface area (Å²) in [6, 6.07) is 5.16. The smallest absolute Gasteiger partial charge is 0.164 e. The molecule has 2 aromatic rings. The van der Waals surface area contributed by atoms with E-state index in [9.17, 15) is 4.39 Å². The van der Waals surface area contributed by atoms with Crippen LogP contribution in [-0.4, -0.2) is 20.8 Å². The molecule has 0 radical (unpaired) electrons. The van der Waals surface area contributed by atoms with Crippen LogP contribution in [0.15, 0.2) is 24.5 Å². The first-order valence-corrected chi connectivity index (χ1v) is 6.70. The monoisotopic (exact) mass is 276 g/mol. The van der Waals surface area contributed by atoms with Gasteiger partial charge >= 0.3 is 0 Å². The molecule has 1 aliphatic carbocycles. The zero-order valence-corrected chi connectivity index (χ0v) is 11.3. The second-order valence-corrected chi connectivity index (χ2v) is 5.00. The lowest BCUT2D eigenvalue weighted by Gasteiger charge is -2.12. The first kappa shape index (κ1) is 13.1. The number of halogens is 1. The lowest BCUT2D eigenvalue weighted by Crippen LogP contribution is -2.16. The van der Waals surface area contributed by atoms with Crippen molar-refractivity contribution in [3.05, 3.63) is 41.7 Å². The van der Waals surface area contributed by atoms with Gasteiger partial charge in [0.2, 0.25) is 0 Å². The fraction of sp³-hybridized carbons (Fsp3) is 0.429. The predicted octanol–water partition coefficient (Wildman–Crippen LogP) is 1.79. The van der Waals surface area contributed by atoms with Crippen molar-refractivity contribution in [2.45, 2.75) is 32.0 Å². The van der Waals surface area contributed by atoms with Gasteiger partial charge in [0.05, 0.1) is 0 Å². The molecule has 1 aromatic heterocycles. The number of nitrogens with one attached hydrogen (secondary N) is 1. The van der Waals surface area contributed by atoms with Crippen LogP contribution in [0.1, 0.15) is 24.2 Å². The first-order chi connectivity index (χ1) is 9.72. The highest BCUT2D eigenvalue weighted by Crippen LogP contribution is 2.24. The average Bonchev–Trinajstić information content (AvgIpc) is 3.18. The Morgan fingerprint density at radius 2 is 2.30 bits per heavy atom. The Morgan fingerprint density at radius 3 is 3.00 bits per heavy atom. The van der Waals surface area contributed by atoms with E-state index in [1.54, 1.807) is 10.7 Å². The molecule has 0 aliphatic heterocycles. The van der Waals surface area contributed by atoms with Crippen molar-refractivity contribution in [3.8, 4) is 5.75 Å². The summed E-state index contributed by atoms with van der Waals surface area (Å²) in [6.07, 6.45) is 3.88. The molecule has 1 aliphatic rings. The zero-order valence-electron chi connectivity index (χ0n) is 11.3. The molecule has 0 saturated heterocycles. The maximum Gasteiger partial charge on any atom is 0.164 e. The molecule has 0 bridgehead atoms. The first-order valence-electron chi connectivity index (χ1n) is 6.70. The van der Waals surface area contributed by atoms with Crippen LogP contribution in [0.4, 0.5) is 4.39 Å². The fourth-order valence-corrected chi connectivity index (χ4v) is 1.96. The van der Waals surface area contributed by atoms with Crippen LogP contribution in [0, 0.1) is 5.82 Å². The van der Waals surface area contributed by atoms with Gasteiger partial charge in [-0.2, -0.15) is 5.10 Å². The summed E-state index contributed by atoms with van der Waals surface area (Å²) in [5.41, 5.74) is 0.832. The molecule has 3 rings (SSSR count). The lowest BCUT2D eigenvalue weighted by molar-refractivity contribution is 0.285. The van der Waals surface area contributed by atoms with E-state index >= 15 is 0 Å². The van der Waals surface area contributed by atoms with Gasteiger partial charge in [0.1, 0.15) is 24.5 Å². The van der Waals surface area contributed by atoms with Crippen LogP contribution >= 0.6 is 0 Å². The summed E-state index contributed by atoms with van der Waals surface area (Å²) in [7, 11) is 1.81. The molecule has 0 spiro atoms. The third-order valence-corrected chi connectivity index (χ3v) is 3.34. The summed E-state index contributed by atoms with van der Waals surface area (Å²) >= 11 is 0. The minimum absolute atomic E-state index is 0.247. The quantitative estimate of drug-likeness (QED) is 0.874. The van der Waals surface area contributed by atoms with Gasteiger partial charge in [-0.15, -0.1) is 0 Å². The van der Waals surface area contributed by atoms with Crippen molar-refractivity contribution >= 4 is 0 Å². The van der Waals surface area contributed by atoms with Crippen LogP contribution in [0.5, 0.6) is 5.75 Å². The lowest BCUT2D eigenvalue weighted by atomic mass is 10.2. The maximum atomic E-state index is 13.4. The number of ether oxygens (including phenoxy) is 1. The normalized spacial score (nSPS) is 14.5. The highest BCUT2D eigenvalue weighted by molar-refractivity contribution is 5.34. The molecule has 106 valence electrons. The third-order valence-electron chi connectivity index (χ3n) is 3.34. The van der Waals surface area contributed by atoms with Crippen LogP contribution in [0.2, 0.25) is 0 Å². The highest BCUT2D eigenvalue weighted by atomic mass is 19.1. The Kier molecular flexibility index (Phi) is 3.64. The molecular weight excluding hydrogens is 259 g/mol. The highest BCUT2D eigenvalue weighted by Gasteiger charge is 2.20. The van der Waals surface area contributed by atoms with Gasteiger partial charge in [-0.1, -0.05) is 0 Å². The van der Waals surface area contributed by atoms with E-state index < -0.39 is 0 Å². The van der Waals surface area contributed by atoms with Gasteiger partial charge in [-0.25, -0.2) is 9.37 Å². The fourth-order valence-electron chi connectivity index (χ4n) is 1.96. The van der Waals surface area contributed by atoms with Crippen molar-refractivity contribution < 1.29 is 9.13 Å². The predicted molar refractivity (Wildman–Crippen MR) is 71.6 cm³/mol. The Balaban J connectivity index is 1.68. The van der Waals surface area contributed by atoms with Crippen molar-refractivity contribution in [3.63, 3.8) is 0 Å². The Labute approximate surface area is 116 Å². The molecular formula is C14H17FN4O. The third kappa shape index (κ3) is 3.14. The number of hydrogen-bond donors (Lipinski definition) is 1. The summed E-state index contributed by atoms with van der Waals surface area (Å²) in [5.74, 6) is 1.17. The summed E-state index contributed by atoms with van der Waals surface area (Å²) in [4.78, 5) is 4.10. The van der Waals surface area contributed by atoms with Crippen molar-refractivity contribution in [2.75, 3.05) is 0 Å². The molecule has 0 atom stereocenters. The number of nitrogens with zero attached hydrogens (tertiary/aromatic N) is 3. The van der Waals surface area contributed by atoms with Crippen LogP contribution < -0.4 is 10.1 Å². The molecule has 1 heterocycles. The zero-order chi connectivity index (χ0) is 13.9. The van der Waals surface area contributed by atoms with Crippen LogP contribution in [-0.2, 0) is 20.2 Å². The van der Waals surface area contributed by atoms with Gasteiger partial charge in [0.25, 0.3) is 0 Å². The number of benzene rings is 1. The van der Waals surface area contributed by atoms with Gasteiger partial charge in [0.15, 0.2) is 5.82 Å². The Morgan fingerprint density at radius 1 is 1.45 bits per heavy atom. The summed E-state index contributed by atoms with van der Waals surface area (Å²) < 4.78 is 20.8. The average molecular weight is 276 g/mol. The Hall–Kier alpha value is -1.95. The van der Waals surface area contributed by atoms with Crippen molar-refractivity contribution in [2.24, 2.45) is 7.05 Å². The molecule has 0 amide bonds. The molecule has 6 heteroatoms. The van der Waals surface area contributed by atoms with Gasteiger partial charge in [-0.05, 0) is 31.0 Å². The minimum atomic E-state index is -0.247. The standard InChI is InChI=1S/C14H17FN4O/c1-19-14(17-9-18-19)8-20-13-5-2-11(15)6-10(13)7-16-12-3-4-12/h2,5-6,9,12,16H,3-4,7-8H2,1H3. The molecule has 5 nitrogen and oxygen atoms in total. The largest absolute Gasteiger partial charge is 0.485 e. The molecule has 1 aromatic carbocycles. The van der Waals surface area contributed by atoms with E-state index in [1.165, 1.54) is 31.3 Å². The van der Waals surface area contributed by atoms with E-state index in [2.05, 4.69) is 15.4 Å². The van der Waals surface area contributed by atoms with Gasteiger partial charge < -0.3 is 10.1 Å². The van der Waals surface area contributed by atoms with Gasteiger partial charge in [0, 0.05) is 25.2 Å². The number of rotatable bonds is 6. The molecule has 1 N–H and O–H groups in total. The molecule has 1 fully saturated rings. The maximum absolute atomic E-state index is 13.4. The van der Waals surface area contributed by atoms with Crippen molar-refractivity contribution in [1.82, 2.24) is 20.1 Å². The van der Waals surface area contributed by atoms with E-state index in [-0.39, 0.29) is 5.82 Å². The topological polar surface area (TPSA) is 52.0 Å². The second kappa shape index (κ2) is 5.58. The van der Waals surface area contributed by atoms with E-state index in [0.29, 0.717) is 24.9 Å². The summed E-state index contributed by atoms with van der Waals surface area (Å²) in [6.45, 7) is 0.940. The Bertz CT molecular complexity index is 595. The van der Waals surface area contributed by atoms with E-state index in [4.69, 9.17) is 4.74 Å². The van der Waals surface area contributed by atoms with Crippen molar-refractivity contribution in [1.29, 1.82) is 0 Å². The molecule has 0 unspecified atom stereocenters. The van der Waals surface area contributed by atoms with E-state index in [1.807, 2.05) is 7.05 Å². The summed E-state index contributed by atoms with van der Waals surface area (Å²) in [5, 5.41) is 7.35. The minimum Gasteiger partial charge on any atom is -0.485 e. The number of aryl methyl sites for hydroxylation is 1. The van der Waals surface area contributed by atoms with Gasteiger partial charge in [-0.3, -0.25) is 4.68 Å². The number of hydrogen-bond acceptors (Lipinski definition) is 4. The second-order valence-electron chi connectivity index (χ2n) is 5.00. The van der Waals surface area contributed by atoms with Crippen LogP contribution in [0.3, 0.4) is 0 Å².